The fourth-order valence-corrected chi connectivity index (χ4v) is 3.64. The van der Waals surface area contributed by atoms with E-state index in [0.29, 0.717) is 5.75 Å². The smallest absolute Gasteiger partial charge is 0.173 e. The van der Waals surface area contributed by atoms with E-state index in [2.05, 4.69) is 38.6 Å². The van der Waals surface area contributed by atoms with E-state index in [9.17, 15) is 5.11 Å². The molecule has 2 aromatic carbocycles. The minimum Gasteiger partial charge on any atom is -0.508 e. The van der Waals surface area contributed by atoms with Crippen LogP contribution in [0.2, 0.25) is 0 Å². The lowest BCUT2D eigenvalue weighted by Crippen LogP contribution is -2.51. The largest absolute Gasteiger partial charge is 0.508 e. The first kappa shape index (κ1) is 16.7. The quantitative estimate of drug-likeness (QED) is 0.711. The van der Waals surface area contributed by atoms with Crippen LogP contribution in [0.4, 0.5) is 11.4 Å². The number of benzene rings is 2. The number of fused-ring (bicyclic) bond motifs is 1. The molecular weight excluding hydrogens is 344 g/mol. The number of phenolic OH excluding ortho intramolecular Hbond substituents is 1. The number of rotatable bonds is 2. The average Bonchev–Trinajstić information content (AvgIpc) is 3.10. The van der Waals surface area contributed by atoms with Crippen molar-refractivity contribution >= 4 is 34.3 Å². The second kappa shape index (κ2) is 7.25. The van der Waals surface area contributed by atoms with E-state index in [1.165, 1.54) is 16.8 Å². The topological polar surface area (TPSA) is 50.8 Å². The Hall–Kier alpha value is -2.73. The van der Waals surface area contributed by atoms with E-state index in [1.807, 2.05) is 24.4 Å². The maximum atomic E-state index is 9.42. The first-order chi connectivity index (χ1) is 12.7. The Bertz CT molecular complexity index is 826. The van der Waals surface area contributed by atoms with Crippen LogP contribution in [0.1, 0.15) is 5.56 Å². The van der Waals surface area contributed by atoms with Crippen LogP contribution in [-0.2, 0) is 0 Å². The van der Waals surface area contributed by atoms with Crippen molar-refractivity contribution in [2.75, 3.05) is 42.9 Å². The molecule has 2 aliphatic heterocycles. The highest BCUT2D eigenvalue weighted by molar-refractivity contribution is 7.80. The van der Waals surface area contributed by atoms with Crippen molar-refractivity contribution in [1.82, 2.24) is 10.2 Å². The number of hydrogen-bond donors (Lipinski definition) is 3. The average molecular weight is 366 g/mol. The minimum absolute atomic E-state index is 0.300. The van der Waals surface area contributed by atoms with Gasteiger partial charge in [-0.05, 0) is 48.1 Å². The summed E-state index contributed by atoms with van der Waals surface area (Å²) in [4.78, 5) is 4.52. The van der Waals surface area contributed by atoms with E-state index >= 15 is 0 Å². The summed E-state index contributed by atoms with van der Waals surface area (Å²) in [5.74, 6) is 0.300. The molecule has 0 aromatic heterocycles. The van der Waals surface area contributed by atoms with Gasteiger partial charge in [0.15, 0.2) is 5.11 Å². The molecule has 0 amide bonds. The third kappa shape index (κ3) is 3.46. The summed E-state index contributed by atoms with van der Waals surface area (Å²) in [6.45, 7) is 4.40. The van der Waals surface area contributed by atoms with E-state index < -0.39 is 0 Å². The van der Waals surface area contributed by atoms with Gasteiger partial charge >= 0.3 is 0 Å². The van der Waals surface area contributed by atoms with Gasteiger partial charge in [-0.15, -0.1) is 0 Å². The summed E-state index contributed by atoms with van der Waals surface area (Å²) in [5, 5.41) is 16.9. The maximum absolute atomic E-state index is 9.42. The first-order valence-electron chi connectivity index (χ1n) is 8.82. The molecule has 5 nitrogen and oxygen atoms in total. The lowest BCUT2D eigenvalue weighted by molar-refractivity contribution is 0.384. The number of hydrogen-bond acceptors (Lipinski definition) is 4. The Labute approximate surface area is 158 Å². The number of thiocarbonyl (C=S) groups is 1. The molecule has 1 saturated heterocycles. The minimum atomic E-state index is 0.300. The van der Waals surface area contributed by atoms with Gasteiger partial charge in [0.2, 0.25) is 0 Å². The first-order valence-corrected chi connectivity index (χ1v) is 9.23. The van der Waals surface area contributed by atoms with Crippen molar-refractivity contribution in [3.63, 3.8) is 0 Å². The Morgan fingerprint density at radius 2 is 1.77 bits per heavy atom. The molecule has 134 valence electrons. The zero-order valence-corrected chi connectivity index (χ0v) is 15.3. The second-order valence-electron chi connectivity index (χ2n) is 6.51. The van der Waals surface area contributed by atoms with Gasteiger partial charge in [-0.1, -0.05) is 18.2 Å². The van der Waals surface area contributed by atoms with Crippen LogP contribution in [-0.4, -0.2) is 47.8 Å². The fourth-order valence-electron chi connectivity index (χ4n) is 3.40. The van der Waals surface area contributed by atoms with Crippen LogP contribution in [0.5, 0.6) is 5.75 Å². The molecule has 4 rings (SSSR count). The Morgan fingerprint density at radius 1 is 1.04 bits per heavy atom. The summed E-state index contributed by atoms with van der Waals surface area (Å²) in [7, 11) is 0. The van der Waals surface area contributed by atoms with Gasteiger partial charge in [0.1, 0.15) is 5.75 Å². The lowest BCUT2D eigenvalue weighted by atomic mass is 10.1. The van der Waals surface area contributed by atoms with Crippen molar-refractivity contribution in [3.8, 4) is 5.75 Å². The molecule has 0 aliphatic carbocycles. The zero-order valence-electron chi connectivity index (χ0n) is 14.5. The molecule has 0 spiro atoms. The number of aromatic hydroxyl groups is 1. The molecule has 0 radical (unpaired) electrons. The predicted octanol–water partition coefficient (Wildman–Crippen LogP) is 2.86. The van der Waals surface area contributed by atoms with Gasteiger partial charge in [0.25, 0.3) is 0 Å². The van der Waals surface area contributed by atoms with E-state index in [4.69, 9.17) is 12.2 Å². The SMILES string of the molecule is Oc1ccc(N2CCN(C(=S)N/C=C3/CNc4ccccc43)CC2)cc1. The third-order valence-corrected chi connectivity index (χ3v) is 5.27. The lowest BCUT2D eigenvalue weighted by Gasteiger charge is -2.37. The number of para-hydroxylation sites is 1. The van der Waals surface area contributed by atoms with Crippen molar-refractivity contribution in [2.24, 2.45) is 0 Å². The van der Waals surface area contributed by atoms with E-state index in [-0.39, 0.29) is 0 Å². The van der Waals surface area contributed by atoms with E-state index in [1.54, 1.807) is 12.1 Å². The predicted molar refractivity (Wildman–Crippen MR) is 111 cm³/mol. The Morgan fingerprint density at radius 3 is 2.54 bits per heavy atom. The molecule has 0 saturated carbocycles. The normalized spacial score (nSPS) is 17.8. The van der Waals surface area contributed by atoms with Gasteiger partial charge in [-0.3, -0.25) is 0 Å². The molecule has 26 heavy (non-hydrogen) atoms. The standard InChI is InChI=1S/C20H22N4OS/c25-17-7-5-16(6-8-17)23-9-11-24(12-10-23)20(26)22-14-15-13-21-19-4-2-1-3-18(15)19/h1-8,14,21,25H,9-13H2,(H,22,26)/b15-14-. The Kier molecular flexibility index (Phi) is 4.67. The summed E-state index contributed by atoms with van der Waals surface area (Å²) >= 11 is 5.58. The molecular formula is C20H22N4OS. The van der Waals surface area contributed by atoms with E-state index in [0.717, 1.165) is 43.5 Å². The molecule has 0 atom stereocenters. The van der Waals surface area contributed by atoms with Gasteiger partial charge < -0.3 is 25.5 Å². The number of anilines is 2. The molecule has 2 aliphatic rings. The zero-order chi connectivity index (χ0) is 17.9. The number of phenols is 1. The van der Waals surface area contributed by atoms with Crippen molar-refractivity contribution < 1.29 is 5.11 Å². The number of nitrogens with one attached hydrogen (secondary N) is 2. The van der Waals surface area contributed by atoms with Crippen LogP contribution in [0.15, 0.2) is 54.7 Å². The summed E-state index contributed by atoms with van der Waals surface area (Å²) in [5.41, 5.74) is 4.77. The number of piperazine rings is 1. The maximum Gasteiger partial charge on any atom is 0.173 e. The van der Waals surface area contributed by atoms with Gasteiger partial charge in [0.05, 0.1) is 0 Å². The summed E-state index contributed by atoms with van der Waals surface area (Å²) < 4.78 is 0. The van der Waals surface area contributed by atoms with Crippen LogP contribution < -0.4 is 15.5 Å². The van der Waals surface area contributed by atoms with Crippen molar-refractivity contribution in [2.45, 2.75) is 0 Å². The highest BCUT2D eigenvalue weighted by Gasteiger charge is 2.19. The molecule has 2 aromatic rings. The molecule has 2 heterocycles. The number of nitrogens with zero attached hydrogens (tertiary/aromatic N) is 2. The van der Waals surface area contributed by atoms with Crippen molar-refractivity contribution in [1.29, 1.82) is 0 Å². The van der Waals surface area contributed by atoms with Crippen LogP contribution in [0.25, 0.3) is 5.57 Å². The van der Waals surface area contributed by atoms with Gasteiger partial charge in [-0.2, -0.15) is 0 Å². The van der Waals surface area contributed by atoms with Crippen LogP contribution >= 0.6 is 12.2 Å². The monoisotopic (exact) mass is 366 g/mol. The summed E-state index contributed by atoms with van der Waals surface area (Å²) in [6.07, 6.45) is 2.02. The van der Waals surface area contributed by atoms with Gasteiger partial charge in [-0.25, -0.2) is 0 Å². The van der Waals surface area contributed by atoms with Crippen LogP contribution in [0.3, 0.4) is 0 Å². The highest BCUT2D eigenvalue weighted by atomic mass is 32.1. The van der Waals surface area contributed by atoms with Gasteiger partial charge in [0, 0.05) is 55.9 Å². The molecule has 0 bridgehead atoms. The highest BCUT2D eigenvalue weighted by Crippen LogP contribution is 2.29. The second-order valence-corrected chi connectivity index (χ2v) is 6.90. The fraction of sp³-hybridized carbons (Fsp3) is 0.250. The molecule has 6 heteroatoms. The molecule has 1 fully saturated rings. The van der Waals surface area contributed by atoms with Crippen molar-refractivity contribution in [3.05, 3.63) is 60.3 Å². The Balaban J connectivity index is 1.33. The summed E-state index contributed by atoms with van der Waals surface area (Å²) in [6, 6.07) is 15.7. The molecule has 0 unspecified atom stereocenters. The van der Waals surface area contributed by atoms with Crippen LogP contribution in [0, 0.1) is 0 Å². The molecule has 3 N–H and O–H groups in total. The third-order valence-electron chi connectivity index (χ3n) is 4.89.